The number of hydrogen-bond acceptors (Lipinski definition) is 2. The van der Waals surface area contributed by atoms with Crippen molar-refractivity contribution in [1.82, 2.24) is 9.78 Å². The number of nitrogens with zero attached hydrogens (tertiary/aromatic N) is 2. The molecule has 0 aliphatic carbocycles. The molecular weight excluding hydrogens is 382 g/mol. The summed E-state index contributed by atoms with van der Waals surface area (Å²) >= 11 is 0. The molecule has 0 amide bonds. The molecule has 0 aliphatic rings. The van der Waals surface area contributed by atoms with Crippen LogP contribution in [0, 0.1) is 6.92 Å². The Morgan fingerprint density at radius 2 is 1.42 bits per heavy atom. The molecule has 4 heteroatoms. The summed E-state index contributed by atoms with van der Waals surface area (Å²) in [7, 11) is 0. The number of H-pyrrole nitrogens is 1. The lowest BCUT2D eigenvalue weighted by Crippen LogP contribution is -2.21. The molecule has 0 saturated heterocycles. The fourth-order valence-corrected chi connectivity index (χ4v) is 3.82. The first-order valence-corrected chi connectivity index (χ1v) is 10.2. The van der Waals surface area contributed by atoms with E-state index in [4.69, 9.17) is 4.99 Å². The van der Waals surface area contributed by atoms with Crippen molar-refractivity contribution in [1.29, 1.82) is 0 Å². The molecule has 1 N–H and O–H groups in total. The van der Waals surface area contributed by atoms with Crippen molar-refractivity contribution < 1.29 is 0 Å². The highest BCUT2D eigenvalue weighted by atomic mass is 16.1. The lowest BCUT2D eigenvalue weighted by atomic mass is 9.99. The van der Waals surface area contributed by atoms with E-state index in [0.717, 1.165) is 33.4 Å². The lowest BCUT2D eigenvalue weighted by molar-refractivity contribution is 0.835. The second kappa shape index (κ2) is 7.92. The van der Waals surface area contributed by atoms with Crippen LogP contribution >= 0.6 is 0 Å². The average Bonchev–Trinajstić information content (AvgIpc) is 3.12. The van der Waals surface area contributed by atoms with E-state index in [1.54, 1.807) is 4.68 Å². The van der Waals surface area contributed by atoms with E-state index in [1.165, 1.54) is 0 Å². The van der Waals surface area contributed by atoms with Crippen molar-refractivity contribution in [2.24, 2.45) is 4.99 Å². The molecule has 5 aromatic rings. The fourth-order valence-electron chi connectivity index (χ4n) is 3.82. The number of aryl methyl sites for hydroxylation is 1. The number of hydrogen-bond donors (Lipinski definition) is 1. The molecule has 1 heterocycles. The zero-order valence-corrected chi connectivity index (χ0v) is 17.1. The maximum atomic E-state index is 13.5. The Balaban J connectivity index is 1.75. The zero-order chi connectivity index (χ0) is 21.2. The number of rotatable bonds is 4. The van der Waals surface area contributed by atoms with E-state index in [-0.39, 0.29) is 5.56 Å². The van der Waals surface area contributed by atoms with Gasteiger partial charge in [0.15, 0.2) is 0 Å². The predicted molar refractivity (Wildman–Crippen MR) is 127 cm³/mol. The van der Waals surface area contributed by atoms with E-state index in [0.29, 0.717) is 11.3 Å². The minimum absolute atomic E-state index is 0.119. The van der Waals surface area contributed by atoms with Crippen molar-refractivity contribution in [2.45, 2.75) is 6.92 Å². The van der Waals surface area contributed by atoms with Crippen LogP contribution in [-0.4, -0.2) is 15.5 Å². The first-order valence-electron chi connectivity index (χ1n) is 10.2. The lowest BCUT2D eigenvalue weighted by Gasteiger charge is -2.08. The predicted octanol–water partition coefficient (Wildman–Crippen LogP) is 5.80. The zero-order valence-electron chi connectivity index (χ0n) is 17.1. The Morgan fingerprint density at radius 3 is 2.16 bits per heavy atom. The highest BCUT2D eigenvalue weighted by Crippen LogP contribution is 2.22. The number of aromatic nitrogens is 2. The standard InChI is InChI=1S/C27H21N3O/c1-19-25(27(31)30(29-19)24-14-6-3-7-15-24)26(28-23-12-4-2-5-13-23)22-17-16-20-10-8-9-11-21(20)18-22/h2-18,29H,1H3. The summed E-state index contributed by atoms with van der Waals surface area (Å²) in [6, 6.07) is 33.7. The van der Waals surface area contributed by atoms with Gasteiger partial charge in [0.1, 0.15) is 0 Å². The second-order valence-corrected chi connectivity index (χ2v) is 7.45. The van der Waals surface area contributed by atoms with Gasteiger partial charge < -0.3 is 0 Å². The molecule has 0 atom stereocenters. The summed E-state index contributed by atoms with van der Waals surface area (Å²) in [6.07, 6.45) is 0. The number of benzene rings is 4. The van der Waals surface area contributed by atoms with Gasteiger partial charge in [-0.15, -0.1) is 0 Å². The van der Waals surface area contributed by atoms with Crippen LogP contribution in [0.1, 0.15) is 16.8 Å². The van der Waals surface area contributed by atoms with E-state index >= 15 is 0 Å². The van der Waals surface area contributed by atoms with E-state index in [2.05, 4.69) is 29.4 Å². The van der Waals surface area contributed by atoms with Gasteiger partial charge in [-0.05, 0) is 48.0 Å². The molecule has 4 nitrogen and oxygen atoms in total. The molecule has 0 fully saturated rings. The Kier molecular flexibility index (Phi) is 4.81. The van der Waals surface area contributed by atoms with Crippen LogP contribution in [0.5, 0.6) is 0 Å². The van der Waals surface area contributed by atoms with Crippen LogP contribution in [-0.2, 0) is 0 Å². The quantitative estimate of drug-likeness (QED) is 0.379. The topological polar surface area (TPSA) is 50.1 Å². The van der Waals surface area contributed by atoms with Gasteiger partial charge in [0, 0.05) is 11.3 Å². The Labute approximate surface area is 180 Å². The van der Waals surface area contributed by atoms with Gasteiger partial charge in [0.25, 0.3) is 5.56 Å². The van der Waals surface area contributed by atoms with Crippen molar-refractivity contribution in [3.63, 3.8) is 0 Å². The maximum Gasteiger partial charge on any atom is 0.280 e. The van der Waals surface area contributed by atoms with E-state index in [1.807, 2.05) is 85.8 Å². The normalized spacial score (nSPS) is 11.7. The van der Waals surface area contributed by atoms with Gasteiger partial charge in [-0.1, -0.05) is 72.8 Å². The van der Waals surface area contributed by atoms with Crippen LogP contribution in [0.4, 0.5) is 5.69 Å². The minimum atomic E-state index is -0.119. The highest BCUT2D eigenvalue weighted by molar-refractivity contribution is 6.15. The molecule has 1 aromatic heterocycles. The summed E-state index contributed by atoms with van der Waals surface area (Å²) in [5.41, 5.74) is 4.38. The van der Waals surface area contributed by atoms with Crippen molar-refractivity contribution >= 4 is 22.2 Å². The van der Waals surface area contributed by atoms with Gasteiger partial charge in [-0.3, -0.25) is 9.89 Å². The third-order valence-corrected chi connectivity index (χ3v) is 5.34. The molecule has 4 aromatic carbocycles. The van der Waals surface area contributed by atoms with Crippen LogP contribution in [0.15, 0.2) is 113 Å². The van der Waals surface area contributed by atoms with Crippen molar-refractivity contribution in [3.8, 4) is 5.69 Å². The monoisotopic (exact) mass is 403 g/mol. The summed E-state index contributed by atoms with van der Waals surface area (Å²) in [5, 5.41) is 5.49. The van der Waals surface area contributed by atoms with Crippen LogP contribution < -0.4 is 5.56 Å². The number of para-hydroxylation sites is 2. The number of aromatic amines is 1. The average molecular weight is 403 g/mol. The molecular formula is C27H21N3O. The summed E-state index contributed by atoms with van der Waals surface area (Å²) in [4.78, 5) is 18.4. The van der Waals surface area contributed by atoms with Gasteiger partial charge in [0.05, 0.1) is 22.6 Å². The Hall–Kier alpha value is -4.18. The van der Waals surface area contributed by atoms with E-state index in [9.17, 15) is 4.79 Å². The van der Waals surface area contributed by atoms with E-state index < -0.39 is 0 Å². The van der Waals surface area contributed by atoms with Crippen LogP contribution in [0.2, 0.25) is 0 Å². The molecule has 0 aliphatic heterocycles. The fraction of sp³-hybridized carbons (Fsp3) is 0.0370. The first-order chi connectivity index (χ1) is 15.2. The third kappa shape index (κ3) is 3.60. The molecule has 0 spiro atoms. The molecule has 31 heavy (non-hydrogen) atoms. The second-order valence-electron chi connectivity index (χ2n) is 7.45. The number of nitrogens with one attached hydrogen (secondary N) is 1. The Morgan fingerprint density at radius 1 is 0.774 bits per heavy atom. The molecule has 0 unspecified atom stereocenters. The SMILES string of the molecule is Cc1[nH]n(-c2ccccc2)c(=O)c1C(=Nc1ccccc1)c1ccc2ccccc2c1. The number of aliphatic imine (C=N–C) groups is 1. The van der Waals surface area contributed by atoms with Crippen LogP contribution in [0.25, 0.3) is 16.5 Å². The molecule has 0 saturated carbocycles. The largest absolute Gasteiger partial charge is 0.295 e. The smallest absolute Gasteiger partial charge is 0.280 e. The summed E-state index contributed by atoms with van der Waals surface area (Å²) in [6.45, 7) is 1.91. The molecule has 150 valence electrons. The maximum absolute atomic E-state index is 13.5. The number of fused-ring (bicyclic) bond motifs is 1. The first kappa shape index (κ1) is 18.8. The van der Waals surface area contributed by atoms with Gasteiger partial charge in [0.2, 0.25) is 0 Å². The third-order valence-electron chi connectivity index (χ3n) is 5.34. The van der Waals surface area contributed by atoms with Gasteiger partial charge in [-0.25, -0.2) is 9.67 Å². The Bertz CT molecular complexity index is 1440. The molecule has 5 rings (SSSR count). The van der Waals surface area contributed by atoms with Crippen molar-refractivity contribution in [3.05, 3.63) is 130 Å². The molecule has 0 bridgehead atoms. The van der Waals surface area contributed by atoms with Crippen LogP contribution in [0.3, 0.4) is 0 Å². The van der Waals surface area contributed by atoms with Crippen molar-refractivity contribution in [2.75, 3.05) is 0 Å². The highest BCUT2D eigenvalue weighted by Gasteiger charge is 2.20. The van der Waals surface area contributed by atoms with Gasteiger partial charge >= 0.3 is 0 Å². The summed E-state index contributed by atoms with van der Waals surface area (Å²) in [5.74, 6) is 0. The van der Waals surface area contributed by atoms with Gasteiger partial charge in [-0.2, -0.15) is 0 Å². The molecule has 0 radical (unpaired) electrons. The summed E-state index contributed by atoms with van der Waals surface area (Å²) < 4.78 is 1.58. The minimum Gasteiger partial charge on any atom is -0.295 e.